The van der Waals surface area contributed by atoms with E-state index in [1.54, 1.807) is 5.57 Å². The summed E-state index contributed by atoms with van der Waals surface area (Å²) in [5, 5.41) is 0. The van der Waals surface area contributed by atoms with Crippen molar-refractivity contribution < 1.29 is 0 Å². The molecule has 0 nitrogen and oxygen atoms in total. The summed E-state index contributed by atoms with van der Waals surface area (Å²) in [5.41, 5.74) is 2.06. The molecule has 0 heterocycles. The first-order valence-electron chi connectivity index (χ1n) is 3.20. The van der Waals surface area contributed by atoms with Crippen LogP contribution in [0.5, 0.6) is 0 Å². The molecule has 1 aliphatic carbocycles. The monoisotopic (exact) mass is 110 g/mol. The van der Waals surface area contributed by atoms with Gasteiger partial charge in [0.05, 0.1) is 0 Å². The minimum Gasteiger partial charge on any atom is -0.0773 e. The van der Waals surface area contributed by atoms with E-state index in [1.807, 2.05) is 0 Å². The molecule has 1 atom stereocenters. The van der Waals surface area contributed by atoms with Gasteiger partial charge in [-0.15, -0.1) is 0 Å². The van der Waals surface area contributed by atoms with Crippen LogP contribution in [0.1, 0.15) is 27.7 Å². The smallest absolute Gasteiger partial charge is 0.00256 e. The van der Waals surface area contributed by atoms with Crippen LogP contribution < -0.4 is 0 Å². The van der Waals surface area contributed by atoms with Gasteiger partial charge in [0.1, 0.15) is 0 Å². The van der Waals surface area contributed by atoms with Crippen LogP contribution >= 0.6 is 0 Å². The lowest BCUT2D eigenvalue weighted by Crippen LogP contribution is -2.09. The Balaban J connectivity index is 2.43. The van der Waals surface area contributed by atoms with E-state index in [0.717, 1.165) is 5.92 Å². The van der Waals surface area contributed by atoms with E-state index in [2.05, 4.69) is 33.8 Å². The Morgan fingerprint density at radius 3 is 1.75 bits per heavy atom. The predicted molar refractivity (Wildman–Crippen MR) is 36.7 cm³/mol. The second-order valence-corrected chi connectivity index (χ2v) is 3.75. The Bertz CT molecular complexity index is 123. The molecule has 0 spiro atoms. The molecule has 0 N–H and O–H groups in total. The zero-order valence-electron chi connectivity index (χ0n) is 6.15. The predicted octanol–water partition coefficient (Wildman–Crippen LogP) is 2.61. The first-order chi connectivity index (χ1) is 3.52. The largest absolute Gasteiger partial charge is 0.0773 e. The molecule has 0 saturated heterocycles. The van der Waals surface area contributed by atoms with E-state index in [1.165, 1.54) is 0 Å². The fraction of sp³-hybridized carbons (Fsp3) is 0.750. The van der Waals surface area contributed by atoms with Crippen molar-refractivity contribution in [2.45, 2.75) is 27.7 Å². The van der Waals surface area contributed by atoms with Gasteiger partial charge < -0.3 is 0 Å². The maximum absolute atomic E-state index is 2.33. The summed E-state index contributed by atoms with van der Waals surface area (Å²) in [5.74, 6) is 0.808. The topological polar surface area (TPSA) is 0 Å². The van der Waals surface area contributed by atoms with E-state index in [4.69, 9.17) is 0 Å². The van der Waals surface area contributed by atoms with Crippen molar-refractivity contribution in [3.63, 3.8) is 0 Å². The first-order valence-corrected chi connectivity index (χ1v) is 3.20. The van der Waals surface area contributed by atoms with Crippen LogP contribution in [0, 0.1) is 11.3 Å². The summed E-state index contributed by atoms with van der Waals surface area (Å²) in [7, 11) is 0. The molecule has 46 valence electrons. The van der Waals surface area contributed by atoms with Gasteiger partial charge in [-0.05, 0) is 12.3 Å². The summed E-state index contributed by atoms with van der Waals surface area (Å²) in [6.45, 7) is 9.05. The molecule has 1 unspecified atom stereocenters. The molecule has 0 aromatic carbocycles. The molecule has 0 radical (unpaired) electrons. The summed E-state index contributed by atoms with van der Waals surface area (Å²) in [6, 6.07) is 0. The van der Waals surface area contributed by atoms with Crippen LogP contribution in [0.25, 0.3) is 0 Å². The Kier molecular flexibility index (Phi) is 1.00. The molecule has 0 aliphatic heterocycles. The lowest BCUT2D eigenvalue weighted by Gasteiger charge is -2.17. The standard InChI is InChI=1S/C8H14/c1-6-5-7(6)8(2,3)4/h5,7H,1-4H3. The van der Waals surface area contributed by atoms with E-state index in [0.29, 0.717) is 5.41 Å². The first kappa shape index (κ1) is 5.87. The van der Waals surface area contributed by atoms with Crippen LogP contribution in [-0.4, -0.2) is 0 Å². The van der Waals surface area contributed by atoms with E-state index in [-0.39, 0.29) is 0 Å². The van der Waals surface area contributed by atoms with E-state index in [9.17, 15) is 0 Å². The van der Waals surface area contributed by atoms with Gasteiger partial charge in [0.15, 0.2) is 0 Å². The van der Waals surface area contributed by atoms with Gasteiger partial charge in [-0.1, -0.05) is 32.4 Å². The van der Waals surface area contributed by atoms with Crippen molar-refractivity contribution in [3.8, 4) is 0 Å². The van der Waals surface area contributed by atoms with Gasteiger partial charge in [0, 0.05) is 5.92 Å². The van der Waals surface area contributed by atoms with Crippen molar-refractivity contribution in [2.24, 2.45) is 11.3 Å². The molecule has 0 amide bonds. The molecule has 0 bridgehead atoms. The molecule has 8 heavy (non-hydrogen) atoms. The Labute approximate surface area is 51.6 Å². The fourth-order valence-electron chi connectivity index (χ4n) is 1.15. The van der Waals surface area contributed by atoms with Gasteiger partial charge >= 0.3 is 0 Å². The molecule has 0 aromatic heterocycles. The molecule has 0 aromatic rings. The minimum atomic E-state index is 0.490. The lowest BCUT2D eigenvalue weighted by molar-refractivity contribution is 0.368. The molecule has 0 heteroatoms. The third kappa shape index (κ3) is 0.936. The zero-order chi connectivity index (χ0) is 6.36. The second-order valence-electron chi connectivity index (χ2n) is 3.75. The summed E-state index contributed by atoms with van der Waals surface area (Å²) in [4.78, 5) is 0. The summed E-state index contributed by atoms with van der Waals surface area (Å²) in [6.07, 6.45) is 2.33. The third-order valence-corrected chi connectivity index (χ3v) is 1.74. The summed E-state index contributed by atoms with van der Waals surface area (Å²) >= 11 is 0. The van der Waals surface area contributed by atoms with Crippen molar-refractivity contribution in [2.75, 3.05) is 0 Å². The molecular formula is C8H14. The van der Waals surface area contributed by atoms with Gasteiger partial charge in [-0.3, -0.25) is 0 Å². The van der Waals surface area contributed by atoms with Crippen LogP contribution in [-0.2, 0) is 0 Å². The van der Waals surface area contributed by atoms with Gasteiger partial charge in [-0.2, -0.15) is 0 Å². The number of hydrogen-bond acceptors (Lipinski definition) is 0. The highest BCUT2D eigenvalue weighted by molar-refractivity contribution is 5.29. The van der Waals surface area contributed by atoms with Crippen LogP contribution in [0.15, 0.2) is 11.6 Å². The van der Waals surface area contributed by atoms with Crippen molar-refractivity contribution in [1.82, 2.24) is 0 Å². The Hall–Kier alpha value is -0.260. The highest BCUT2D eigenvalue weighted by Gasteiger charge is 2.32. The summed E-state index contributed by atoms with van der Waals surface area (Å²) < 4.78 is 0. The zero-order valence-corrected chi connectivity index (χ0v) is 6.15. The third-order valence-electron chi connectivity index (χ3n) is 1.74. The molecule has 0 saturated carbocycles. The number of rotatable bonds is 0. The maximum atomic E-state index is 2.33. The molecule has 1 rings (SSSR count). The average molecular weight is 110 g/mol. The number of hydrogen-bond donors (Lipinski definition) is 0. The van der Waals surface area contributed by atoms with Gasteiger partial charge in [0.2, 0.25) is 0 Å². The lowest BCUT2D eigenvalue weighted by atomic mass is 9.87. The van der Waals surface area contributed by atoms with Gasteiger partial charge in [-0.25, -0.2) is 0 Å². The Morgan fingerprint density at radius 2 is 1.75 bits per heavy atom. The van der Waals surface area contributed by atoms with Crippen LogP contribution in [0.3, 0.4) is 0 Å². The van der Waals surface area contributed by atoms with Crippen LogP contribution in [0.4, 0.5) is 0 Å². The van der Waals surface area contributed by atoms with Crippen molar-refractivity contribution in [3.05, 3.63) is 11.6 Å². The average Bonchev–Trinajstić information content (AvgIpc) is 2.13. The molecular weight excluding hydrogens is 96.1 g/mol. The maximum Gasteiger partial charge on any atom is 0.00256 e. The minimum absolute atomic E-state index is 0.490. The van der Waals surface area contributed by atoms with E-state index < -0.39 is 0 Å². The number of allylic oxidation sites excluding steroid dienone is 2. The SMILES string of the molecule is CC1=CC1C(C)(C)C. The van der Waals surface area contributed by atoms with E-state index >= 15 is 0 Å². The van der Waals surface area contributed by atoms with Crippen molar-refractivity contribution >= 4 is 0 Å². The molecule has 0 fully saturated rings. The second kappa shape index (κ2) is 1.37. The highest BCUT2D eigenvalue weighted by atomic mass is 14.4. The molecule has 1 aliphatic rings. The highest BCUT2D eigenvalue weighted by Crippen LogP contribution is 2.42. The fourth-order valence-corrected chi connectivity index (χ4v) is 1.15. The van der Waals surface area contributed by atoms with Gasteiger partial charge in [0.25, 0.3) is 0 Å². The van der Waals surface area contributed by atoms with Crippen molar-refractivity contribution in [1.29, 1.82) is 0 Å². The Morgan fingerprint density at radius 1 is 1.38 bits per heavy atom. The van der Waals surface area contributed by atoms with Crippen LogP contribution in [0.2, 0.25) is 0 Å². The normalized spacial score (nSPS) is 27.5. The quantitative estimate of drug-likeness (QED) is 0.420.